The average molecular weight is 378 g/mol. The fraction of sp³-hybridized carbons (Fsp3) is 0.304. The van der Waals surface area contributed by atoms with Crippen LogP contribution in [0.3, 0.4) is 0 Å². The lowest BCUT2D eigenvalue weighted by Gasteiger charge is -2.09. The Balaban J connectivity index is 1.58. The molecule has 2 aromatic carbocycles. The molecule has 5 heteroatoms. The minimum Gasteiger partial charge on any atom is -0.496 e. The number of methoxy groups -OCH3 is 1. The van der Waals surface area contributed by atoms with E-state index in [1.165, 1.54) is 0 Å². The first kappa shape index (κ1) is 19.7. The van der Waals surface area contributed by atoms with Crippen LogP contribution in [-0.4, -0.2) is 24.5 Å². The smallest absolute Gasteiger partial charge is 0.251 e. The SMILES string of the molecule is COc1ccccc1CCC(=O)NCCc1cc2c(C)cc(C)cc2[nH]c1=O. The number of rotatable bonds is 7. The molecule has 0 atom stereocenters. The molecule has 0 spiro atoms. The summed E-state index contributed by atoms with van der Waals surface area (Å²) >= 11 is 0. The van der Waals surface area contributed by atoms with Gasteiger partial charge >= 0.3 is 0 Å². The highest BCUT2D eigenvalue weighted by Gasteiger charge is 2.08. The van der Waals surface area contributed by atoms with E-state index in [1.807, 2.05) is 50.2 Å². The minimum atomic E-state index is -0.0965. The summed E-state index contributed by atoms with van der Waals surface area (Å²) in [5, 5.41) is 3.95. The Morgan fingerprint density at radius 2 is 1.86 bits per heavy atom. The molecule has 0 saturated heterocycles. The topological polar surface area (TPSA) is 71.2 Å². The van der Waals surface area contributed by atoms with Crippen molar-refractivity contribution in [1.29, 1.82) is 0 Å². The van der Waals surface area contributed by atoms with Crippen molar-refractivity contribution in [2.75, 3.05) is 13.7 Å². The fourth-order valence-electron chi connectivity index (χ4n) is 3.48. The van der Waals surface area contributed by atoms with E-state index in [-0.39, 0.29) is 11.5 Å². The molecule has 28 heavy (non-hydrogen) atoms. The van der Waals surface area contributed by atoms with Crippen LogP contribution in [0.4, 0.5) is 0 Å². The summed E-state index contributed by atoms with van der Waals surface area (Å²) in [6.45, 7) is 4.49. The van der Waals surface area contributed by atoms with E-state index in [4.69, 9.17) is 4.74 Å². The molecule has 0 saturated carbocycles. The molecular weight excluding hydrogens is 352 g/mol. The lowest BCUT2D eigenvalue weighted by Crippen LogP contribution is -2.27. The number of aromatic nitrogens is 1. The number of ether oxygens (including phenoxy) is 1. The number of fused-ring (bicyclic) bond motifs is 1. The monoisotopic (exact) mass is 378 g/mol. The summed E-state index contributed by atoms with van der Waals surface area (Å²) < 4.78 is 5.31. The zero-order valence-electron chi connectivity index (χ0n) is 16.6. The molecule has 0 aliphatic heterocycles. The highest BCUT2D eigenvalue weighted by atomic mass is 16.5. The zero-order chi connectivity index (χ0) is 20.1. The van der Waals surface area contributed by atoms with Gasteiger partial charge in [0, 0.05) is 29.4 Å². The molecule has 3 rings (SSSR count). The van der Waals surface area contributed by atoms with Crippen LogP contribution in [0.25, 0.3) is 10.9 Å². The number of H-pyrrole nitrogens is 1. The summed E-state index contributed by atoms with van der Waals surface area (Å²) in [6.07, 6.45) is 1.50. The second-order valence-electron chi connectivity index (χ2n) is 7.08. The van der Waals surface area contributed by atoms with Crippen LogP contribution in [0.1, 0.15) is 28.7 Å². The van der Waals surface area contributed by atoms with Crippen molar-refractivity contribution in [2.24, 2.45) is 0 Å². The Kier molecular flexibility index (Phi) is 6.14. The van der Waals surface area contributed by atoms with Gasteiger partial charge < -0.3 is 15.0 Å². The van der Waals surface area contributed by atoms with Crippen molar-refractivity contribution in [1.82, 2.24) is 10.3 Å². The largest absolute Gasteiger partial charge is 0.496 e. The van der Waals surface area contributed by atoms with Crippen LogP contribution in [0, 0.1) is 13.8 Å². The lowest BCUT2D eigenvalue weighted by molar-refractivity contribution is -0.121. The molecule has 146 valence electrons. The van der Waals surface area contributed by atoms with Gasteiger partial charge in [-0.15, -0.1) is 0 Å². The van der Waals surface area contributed by atoms with Gasteiger partial charge in [0.1, 0.15) is 5.75 Å². The number of amides is 1. The maximum atomic E-state index is 12.3. The number of pyridine rings is 1. The van der Waals surface area contributed by atoms with Crippen LogP contribution in [0.5, 0.6) is 5.75 Å². The van der Waals surface area contributed by atoms with Gasteiger partial charge in [-0.1, -0.05) is 24.3 Å². The number of hydrogen-bond acceptors (Lipinski definition) is 3. The molecule has 1 amide bonds. The fourth-order valence-corrected chi connectivity index (χ4v) is 3.48. The third kappa shape index (κ3) is 4.60. The van der Waals surface area contributed by atoms with Gasteiger partial charge in [-0.05, 0) is 61.6 Å². The maximum Gasteiger partial charge on any atom is 0.251 e. The second kappa shape index (κ2) is 8.74. The van der Waals surface area contributed by atoms with Gasteiger partial charge in [0.2, 0.25) is 5.91 Å². The van der Waals surface area contributed by atoms with Gasteiger partial charge in [-0.2, -0.15) is 0 Å². The first-order valence-corrected chi connectivity index (χ1v) is 9.49. The van der Waals surface area contributed by atoms with Crippen LogP contribution in [-0.2, 0) is 17.6 Å². The molecule has 0 unspecified atom stereocenters. The van der Waals surface area contributed by atoms with E-state index in [1.54, 1.807) is 7.11 Å². The molecule has 0 aliphatic rings. The number of aryl methyl sites for hydroxylation is 3. The van der Waals surface area contributed by atoms with Crippen molar-refractivity contribution in [2.45, 2.75) is 33.1 Å². The maximum absolute atomic E-state index is 12.3. The highest BCUT2D eigenvalue weighted by molar-refractivity contribution is 5.83. The predicted molar refractivity (Wildman–Crippen MR) is 112 cm³/mol. The molecule has 1 heterocycles. The van der Waals surface area contributed by atoms with E-state index >= 15 is 0 Å². The Bertz CT molecular complexity index is 1050. The standard InChI is InChI=1S/C23H26N2O3/c1-15-12-16(2)19-14-18(23(27)25-20(19)13-15)10-11-24-22(26)9-8-17-6-4-5-7-21(17)28-3/h4-7,12-14H,8-11H2,1-3H3,(H,24,26)(H,25,27). The molecule has 5 nitrogen and oxygen atoms in total. The van der Waals surface area contributed by atoms with E-state index in [0.717, 1.165) is 33.3 Å². The van der Waals surface area contributed by atoms with Gasteiger partial charge in [0.15, 0.2) is 0 Å². The first-order valence-electron chi connectivity index (χ1n) is 9.49. The molecule has 0 fully saturated rings. The number of carbonyl (C=O) groups is 1. The normalized spacial score (nSPS) is 10.8. The summed E-state index contributed by atoms with van der Waals surface area (Å²) in [5.41, 5.74) is 4.71. The first-order chi connectivity index (χ1) is 13.5. The molecule has 1 aromatic heterocycles. The Labute approximate surface area is 164 Å². The number of nitrogens with one attached hydrogen (secondary N) is 2. The van der Waals surface area contributed by atoms with Crippen LogP contribution >= 0.6 is 0 Å². The number of hydrogen-bond donors (Lipinski definition) is 2. The van der Waals surface area contributed by atoms with Crippen molar-refractivity contribution in [3.05, 3.63) is 75.1 Å². The van der Waals surface area contributed by atoms with Gasteiger partial charge in [0.25, 0.3) is 5.56 Å². The summed E-state index contributed by atoms with van der Waals surface area (Å²) in [4.78, 5) is 27.4. The van der Waals surface area contributed by atoms with Gasteiger partial charge in [0.05, 0.1) is 7.11 Å². The second-order valence-corrected chi connectivity index (χ2v) is 7.08. The molecule has 0 aliphatic carbocycles. The lowest BCUT2D eigenvalue weighted by atomic mass is 10.0. The molecule has 2 N–H and O–H groups in total. The molecular formula is C23H26N2O3. The summed E-state index contributed by atoms with van der Waals surface area (Å²) in [5.74, 6) is 0.763. The van der Waals surface area contributed by atoms with Crippen LogP contribution in [0.15, 0.2) is 47.3 Å². The Morgan fingerprint density at radius 1 is 1.07 bits per heavy atom. The molecule has 3 aromatic rings. The summed E-state index contributed by atoms with van der Waals surface area (Å²) in [7, 11) is 1.63. The Hall–Kier alpha value is -3.08. The van der Waals surface area contributed by atoms with E-state index in [0.29, 0.717) is 31.4 Å². The Morgan fingerprint density at radius 3 is 2.64 bits per heavy atom. The van der Waals surface area contributed by atoms with Crippen molar-refractivity contribution < 1.29 is 9.53 Å². The molecule has 0 radical (unpaired) electrons. The predicted octanol–water partition coefficient (Wildman–Crippen LogP) is 3.45. The number of benzene rings is 2. The van der Waals surface area contributed by atoms with Crippen molar-refractivity contribution in [3.8, 4) is 5.75 Å². The quantitative estimate of drug-likeness (QED) is 0.662. The van der Waals surface area contributed by atoms with E-state index in [9.17, 15) is 9.59 Å². The van der Waals surface area contributed by atoms with Gasteiger partial charge in [-0.3, -0.25) is 9.59 Å². The van der Waals surface area contributed by atoms with Crippen molar-refractivity contribution >= 4 is 16.8 Å². The number of carbonyl (C=O) groups excluding carboxylic acids is 1. The zero-order valence-corrected chi connectivity index (χ0v) is 16.6. The third-order valence-electron chi connectivity index (χ3n) is 4.92. The minimum absolute atomic E-state index is 0.0325. The van der Waals surface area contributed by atoms with Crippen molar-refractivity contribution in [3.63, 3.8) is 0 Å². The number of para-hydroxylation sites is 1. The molecule has 0 bridgehead atoms. The summed E-state index contributed by atoms with van der Waals surface area (Å²) in [6, 6.07) is 13.7. The average Bonchev–Trinajstić information content (AvgIpc) is 2.67. The van der Waals surface area contributed by atoms with E-state index in [2.05, 4.69) is 16.4 Å². The third-order valence-corrected chi connectivity index (χ3v) is 4.92. The highest BCUT2D eigenvalue weighted by Crippen LogP contribution is 2.19. The van der Waals surface area contributed by atoms with Crippen LogP contribution in [0.2, 0.25) is 0 Å². The van der Waals surface area contributed by atoms with Gasteiger partial charge in [-0.25, -0.2) is 0 Å². The van der Waals surface area contributed by atoms with E-state index < -0.39 is 0 Å². The number of aromatic amines is 1. The van der Waals surface area contributed by atoms with Crippen LogP contribution < -0.4 is 15.6 Å².